The van der Waals surface area contributed by atoms with Crippen LogP contribution in [-0.4, -0.2) is 33.9 Å². The summed E-state index contributed by atoms with van der Waals surface area (Å²) in [5.41, 5.74) is -1.35. The predicted octanol–water partition coefficient (Wildman–Crippen LogP) is 0.378. The molecule has 15 heavy (non-hydrogen) atoms. The maximum absolute atomic E-state index is 11.2. The summed E-state index contributed by atoms with van der Waals surface area (Å²) in [5, 5.41) is 18.8. The molecule has 0 saturated heterocycles. The molecule has 2 N–H and O–H groups in total. The topological polar surface area (TPSA) is 83.8 Å². The third-order valence-electron chi connectivity index (χ3n) is 2.48. The van der Waals surface area contributed by atoms with Gasteiger partial charge in [0.1, 0.15) is 6.29 Å². The second-order valence-electron chi connectivity index (χ2n) is 3.78. The molecule has 88 valence electrons. The summed E-state index contributed by atoms with van der Waals surface area (Å²) < 4.78 is 4.96. The van der Waals surface area contributed by atoms with Gasteiger partial charge in [0, 0.05) is 6.42 Å². The lowest BCUT2D eigenvalue weighted by Gasteiger charge is -2.37. The number of aliphatic hydroxyl groups is 2. The normalized spacial score (nSPS) is 15.5. The highest BCUT2D eigenvalue weighted by molar-refractivity contribution is 5.72. The minimum atomic E-state index is -2.10. The Hall–Kier alpha value is -0.940. The van der Waals surface area contributed by atoms with E-state index in [1.165, 1.54) is 6.92 Å². The van der Waals surface area contributed by atoms with Gasteiger partial charge in [-0.15, -0.1) is 0 Å². The maximum atomic E-state index is 11.2. The molecule has 5 heteroatoms. The monoisotopic (exact) mass is 218 g/mol. The Bertz CT molecular complexity index is 230. The summed E-state index contributed by atoms with van der Waals surface area (Å²) in [5.74, 6) is -2.71. The van der Waals surface area contributed by atoms with Crippen molar-refractivity contribution < 1.29 is 24.5 Å². The zero-order chi connectivity index (χ0) is 12.1. The van der Waals surface area contributed by atoms with E-state index in [0.29, 0.717) is 6.29 Å². The number of carbonyl (C=O) groups excluding carboxylic acids is 2. The van der Waals surface area contributed by atoms with Crippen LogP contribution in [0.1, 0.15) is 40.0 Å². The minimum absolute atomic E-state index is 0.0465. The van der Waals surface area contributed by atoms with Crippen LogP contribution in [0.15, 0.2) is 0 Å². The van der Waals surface area contributed by atoms with Crippen LogP contribution in [0.25, 0.3) is 0 Å². The number of rotatable bonds is 6. The van der Waals surface area contributed by atoms with Crippen molar-refractivity contribution in [2.24, 2.45) is 0 Å². The van der Waals surface area contributed by atoms with Crippen LogP contribution in [0, 0.1) is 0 Å². The van der Waals surface area contributed by atoms with Crippen molar-refractivity contribution >= 4 is 12.3 Å². The molecule has 0 aromatic rings. The number of hydrogen-bond donors (Lipinski definition) is 2. The molecular weight excluding hydrogens is 200 g/mol. The number of ether oxygens (including phenoxy) is 1. The first-order chi connectivity index (χ1) is 6.77. The van der Waals surface area contributed by atoms with E-state index in [2.05, 4.69) is 0 Å². The van der Waals surface area contributed by atoms with Crippen LogP contribution >= 0.6 is 0 Å². The fourth-order valence-corrected chi connectivity index (χ4v) is 0.983. The average molecular weight is 218 g/mol. The second-order valence-corrected chi connectivity index (χ2v) is 3.78. The molecule has 0 aliphatic heterocycles. The second kappa shape index (κ2) is 5.23. The van der Waals surface area contributed by atoms with E-state index in [0.717, 1.165) is 6.92 Å². The smallest absolute Gasteiger partial charge is 0.306 e. The number of hydrogen-bond acceptors (Lipinski definition) is 5. The van der Waals surface area contributed by atoms with Gasteiger partial charge in [-0.05, 0) is 20.3 Å². The largest absolute Gasteiger partial charge is 0.454 e. The highest BCUT2D eigenvalue weighted by Gasteiger charge is 2.44. The molecule has 1 unspecified atom stereocenters. The van der Waals surface area contributed by atoms with Crippen LogP contribution in [0.5, 0.6) is 0 Å². The molecule has 0 aromatic carbocycles. The Labute approximate surface area is 89.0 Å². The third-order valence-corrected chi connectivity index (χ3v) is 2.48. The SMILES string of the molecule is CCC(C)(OC(=O)CCC=O)C(C)(O)O. The Morgan fingerprint density at radius 2 is 1.93 bits per heavy atom. The van der Waals surface area contributed by atoms with Crippen LogP contribution < -0.4 is 0 Å². The molecule has 5 nitrogen and oxygen atoms in total. The van der Waals surface area contributed by atoms with Crippen molar-refractivity contribution in [1.82, 2.24) is 0 Å². The first-order valence-corrected chi connectivity index (χ1v) is 4.87. The molecular formula is C10H18O5. The highest BCUT2D eigenvalue weighted by Crippen LogP contribution is 2.27. The summed E-state index contributed by atoms with van der Waals surface area (Å²) in [7, 11) is 0. The van der Waals surface area contributed by atoms with Gasteiger partial charge in [0.05, 0.1) is 6.42 Å². The van der Waals surface area contributed by atoms with Crippen LogP contribution in [0.4, 0.5) is 0 Å². The molecule has 0 radical (unpaired) electrons. The maximum Gasteiger partial charge on any atom is 0.306 e. The first kappa shape index (κ1) is 14.1. The van der Waals surface area contributed by atoms with Crippen LogP contribution in [0.3, 0.4) is 0 Å². The molecule has 0 rings (SSSR count). The van der Waals surface area contributed by atoms with Gasteiger partial charge < -0.3 is 19.7 Å². The molecule has 0 amide bonds. The Morgan fingerprint density at radius 1 is 1.40 bits per heavy atom. The summed E-state index contributed by atoms with van der Waals surface area (Å²) in [4.78, 5) is 21.3. The lowest BCUT2D eigenvalue weighted by molar-refractivity contribution is -0.267. The van der Waals surface area contributed by atoms with E-state index < -0.39 is 17.4 Å². The molecule has 0 saturated carbocycles. The zero-order valence-corrected chi connectivity index (χ0v) is 9.32. The molecule has 0 heterocycles. The van der Waals surface area contributed by atoms with E-state index in [1.54, 1.807) is 6.92 Å². The summed E-state index contributed by atoms with van der Waals surface area (Å²) in [6.45, 7) is 4.27. The van der Waals surface area contributed by atoms with Gasteiger partial charge in [0.2, 0.25) is 5.79 Å². The van der Waals surface area contributed by atoms with E-state index >= 15 is 0 Å². The molecule has 0 aliphatic carbocycles. The van der Waals surface area contributed by atoms with E-state index in [9.17, 15) is 19.8 Å². The first-order valence-electron chi connectivity index (χ1n) is 4.87. The Kier molecular flexibility index (Phi) is 4.90. The fourth-order valence-electron chi connectivity index (χ4n) is 0.983. The quantitative estimate of drug-likeness (QED) is 0.382. The van der Waals surface area contributed by atoms with Crippen LogP contribution in [-0.2, 0) is 14.3 Å². The Morgan fingerprint density at radius 3 is 2.27 bits per heavy atom. The molecule has 0 fully saturated rings. The van der Waals surface area contributed by atoms with Gasteiger partial charge in [-0.3, -0.25) is 4.79 Å². The van der Waals surface area contributed by atoms with E-state index in [1.807, 2.05) is 0 Å². The Balaban J connectivity index is 4.44. The molecule has 0 bridgehead atoms. The van der Waals surface area contributed by atoms with Crippen molar-refractivity contribution in [3.63, 3.8) is 0 Å². The van der Waals surface area contributed by atoms with Gasteiger partial charge in [-0.1, -0.05) is 6.92 Å². The van der Waals surface area contributed by atoms with Crippen molar-refractivity contribution in [3.05, 3.63) is 0 Å². The van der Waals surface area contributed by atoms with Gasteiger partial charge in [0.25, 0.3) is 0 Å². The predicted molar refractivity (Wildman–Crippen MR) is 52.9 cm³/mol. The minimum Gasteiger partial charge on any atom is -0.454 e. The number of esters is 1. The summed E-state index contributed by atoms with van der Waals surface area (Å²) in [6, 6.07) is 0. The van der Waals surface area contributed by atoms with Crippen LogP contribution in [0.2, 0.25) is 0 Å². The molecule has 0 spiro atoms. The number of aldehydes is 1. The van der Waals surface area contributed by atoms with Gasteiger partial charge in [-0.25, -0.2) is 0 Å². The summed E-state index contributed by atoms with van der Waals surface area (Å²) >= 11 is 0. The molecule has 0 aromatic heterocycles. The molecule has 1 atom stereocenters. The van der Waals surface area contributed by atoms with Gasteiger partial charge >= 0.3 is 5.97 Å². The van der Waals surface area contributed by atoms with Crippen molar-refractivity contribution in [3.8, 4) is 0 Å². The highest BCUT2D eigenvalue weighted by atomic mass is 16.6. The van der Waals surface area contributed by atoms with E-state index in [-0.39, 0.29) is 19.3 Å². The average Bonchev–Trinajstić information content (AvgIpc) is 2.12. The van der Waals surface area contributed by atoms with Gasteiger partial charge in [0.15, 0.2) is 5.60 Å². The third kappa shape index (κ3) is 3.97. The van der Waals surface area contributed by atoms with Crippen molar-refractivity contribution in [2.75, 3.05) is 0 Å². The fraction of sp³-hybridized carbons (Fsp3) is 0.800. The van der Waals surface area contributed by atoms with E-state index in [4.69, 9.17) is 4.74 Å². The zero-order valence-electron chi connectivity index (χ0n) is 9.32. The van der Waals surface area contributed by atoms with Crippen molar-refractivity contribution in [1.29, 1.82) is 0 Å². The lowest BCUT2D eigenvalue weighted by Crippen LogP contribution is -2.52. The standard InChI is InChI=1S/C10H18O5/c1-4-9(2,10(3,13)14)15-8(12)6-5-7-11/h7,13-14H,4-6H2,1-3H3. The van der Waals surface area contributed by atoms with Crippen molar-refractivity contribution in [2.45, 2.75) is 51.4 Å². The summed E-state index contributed by atoms with van der Waals surface area (Å²) in [6.07, 6.45) is 0.909. The lowest BCUT2D eigenvalue weighted by atomic mass is 9.93. The molecule has 0 aliphatic rings. The van der Waals surface area contributed by atoms with Gasteiger partial charge in [-0.2, -0.15) is 0 Å². The number of carbonyl (C=O) groups is 2.